The molecule has 284 valence electrons. The third-order valence-electron chi connectivity index (χ3n) is 7.70. The number of rotatable bonds is 13. The zero-order chi connectivity index (χ0) is 39.9. The number of hydrazone groups is 2. The first-order valence-electron chi connectivity index (χ1n) is 16.8. The summed E-state index contributed by atoms with van der Waals surface area (Å²) in [5.41, 5.74) is 7.25. The molecule has 0 heterocycles. The molecule has 6 N–H and O–H groups in total. The maximum atomic E-state index is 14.6. The van der Waals surface area contributed by atoms with Crippen molar-refractivity contribution in [1.82, 2.24) is 10.9 Å². The molecule has 0 atom stereocenters. The summed E-state index contributed by atoms with van der Waals surface area (Å²) in [7, 11) is 2.79. The largest absolute Gasteiger partial charge is 0.504 e. The summed E-state index contributed by atoms with van der Waals surface area (Å²) in [6.07, 6.45) is 7.61. The van der Waals surface area contributed by atoms with Crippen LogP contribution in [0.15, 0.2) is 143 Å². The van der Waals surface area contributed by atoms with Gasteiger partial charge in [0, 0.05) is 16.9 Å². The van der Waals surface area contributed by atoms with Crippen molar-refractivity contribution in [2.45, 2.75) is 0 Å². The van der Waals surface area contributed by atoms with Crippen LogP contribution in [-0.4, -0.2) is 47.9 Å². The number of para-hydroxylation sites is 2. The Hall–Kier alpha value is -7.74. The molecule has 0 aromatic heterocycles. The Labute approximate surface area is 320 Å². The quantitative estimate of drug-likeness (QED) is 0.0520. The van der Waals surface area contributed by atoms with Crippen molar-refractivity contribution in [1.29, 1.82) is 0 Å². The Balaban J connectivity index is 1.67. The summed E-state index contributed by atoms with van der Waals surface area (Å²) in [5.74, 6) is -2.02. The average Bonchev–Trinajstić information content (AvgIpc) is 3.20. The van der Waals surface area contributed by atoms with Gasteiger partial charge in [0.15, 0.2) is 34.6 Å². The number of nitrogens with one attached hydrogen (secondary N) is 4. The fourth-order valence-electron chi connectivity index (χ4n) is 4.95. The molecule has 5 aromatic carbocycles. The third-order valence-corrected chi connectivity index (χ3v) is 7.70. The highest BCUT2D eigenvalue weighted by Gasteiger charge is 2.16. The molecular weight excluding hydrogens is 722 g/mol. The van der Waals surface area contributed by atoms with E-state index in [1.165, 1.54) is 50.6 Å². The molecule has 12 nitrogen and oxygen atoms in total. The van der Waals surface area contributed by atoms with Crippen LogP contribution in [0.2, 0.25) is 0 Å². The van der Waals surface area contributed by atoms with Crippen molar-refractivity contribution in [2.24, 2.45) is 10.2 Å². The van der Waals surface area contributed by atoms with Crippen molar-refractivity contribution in [3.8, 4) is 23.0 Å². The Bertz CT molecular complexity index is 2190. The van der Waals surface area contributed by atoms with Gasteiger partial charge in [0.25, 0.3) is 0 Å². The number of urea groups is 2. The zero-order valence-electron chi connectivity index (χ0n) is 30.0. The van der Waals surface area contributed by atoms with Gasteiger partial charge in [-0.2, -0.15) is 10.2 Å². The molecule has 4 amide bonds. The number of hydrogen-bond acceptors (Lipinski definition) is 8. The van der Waals surface area contributed by atoms with E-state index >= 15 is 0 Å². The molecule has 0 radical (unpaired) electrons. The van der Waals surface area contributed by atoms with Gasteiger partial charge < -0.3 is 30.3 Å². The maximum Gasteiger partial charge on any atom is 0.339 e. The van der Waals surface area contributed by atoms with Crippen LogP contribution in [-0.2, 0) is 0 Å². The number of benzene rings is 5. The van der Waals surface area contributed by atoms with Gasteiger partial charge in [-0.05, 0) is 95.6 Å². The van der Waals surface area contributed by atoms with Gasteiger partial charge in [0.2, 0.25) is 0 Å². The normalized spacial score (nSPS) is 11.6. The van der Waals surface area contributed by atoms with Gasteiger partial charge in [-0.25, -0.2) is 29.2 Å². The molecule has 0 saturated heterocycles. The number of aromatic hydroxyl groups is 2. The van der Waals surface area contributed by atoms with Crippen LogP contribution in [0.1, 0.15) is 16.7 Å². The SMILES string of the molecule is COc1cc(/C=C/C(=NNC(=O)Nc2ccccc2)C(=Cc2ccc(F)c(F)c2)C(/C=C/c2ccc(O)c(OC)c2)=NNC(=O)Nc2ccccc2)ccc1O. The highest BCUT2D eigenvalue weighted by atomic mass is 19.2. The monoisotopic (exact) mass is 758 g/mol. The minimum atomic E-state index is -1.13. The molecule has 0 saturated carbocycles. The number of anilines is 2. The van der Waals surface area contributed by atoms with E-state index in [0.717, 1.165) is 12.1 Å². The number of ether oxygens (including phenoxy) is 2. The summed E-state index contributed by atoms with van der Waals surface area (Å²) in [6, 6.07) is 28.2. The lowest BCUT2D eigenvalue weighted by atomic mass is 9.99. The van der Waals surface area contributed by atoms with Crippen LogP contribution < -0.4 is 31.0 Å². The van der Waals surface area contributed by atoms with E-state index in [2.05, 4.69) is 31.7 Å². The molecule has 0 fully saturated rings. The van der Waals surface area contributed by atoms with Crippen LogP contribution >= 0.6 is 0 Å². The van der Waals surface area contributed by atoms with E-state index < -0.39 is 23.7 Å². The predicted molar refractivity (Wildman–Crippen MR) is 214 cm³/mol. The first-order chi connectivity index (χ1) is 27.1. The lowest BCUT2D eigenvalue weighted by Gasteiger charge is -2.12. The van der Waals surface area contributed by atoms with Crippen molar-refractivity contribution >= 4 is 53.1 Å². The molecule has 0 unspecified atom stereocenters. The number of methoxy groups -OCH3 is 2. The van der Waals surface area contributed by atoms with Gasteiger partial charge in [-0.15, -0.1) is 0 Å². The van der Waals surface area contributed by atoms with Crippen LogP contribution in [0.5, 0.6) is 23.0 Å². The molecule has 0 aliphatic carbocycles. The topological polar surface area (TPSA) is 166 Å². The number of amides is 4. The van der Waals surface area contributed by atoms with Gasteiger partial charge >= 0.3 is 12.1 Å². The fraction of sp³-hybridized carbons (Fsp3) is 0.0476. The van der Waals surface area contributed by atoms with Crippen LogP contribution in [0.4, 0.5) is 29.7 Å². The highest BCUT2D eigenvalue weighted by Crippen LogP contribution is 2.28. The van der Waals surface area contributed by atoms with Gasteiger partial charge in [-0.3, -0.25) is 0 Å². The van der Waals surface area contributed by atoms with E-state index in [1.807, 2.05) is 0 Å². The molecular formula is C42H36F2N6O6. The molecule has 0 aliphatic rings. The number of phenolic OH excluding ortho intramolecular Hbond substituents is 2. The number of hydrogen-bond donors (Lipinski definition) is 6. The summed E-state index contributed by atoms with van der Waals surface area (Å²) >= 11 is 0. The van der Waals surface area contributed by atoms with E-state index in [4.69, 9.17) is 9.47 Å². The number of nitrogens with zero attached hydrogens (tertiary/aromatic N) is 2. The Morgan fingerprint density at radius 2 is 1.04 bits per heavy atom. The minimum absolute atomic E-state index is 0.0157. The maximum absolute atomic E-state index is 14.6. The fourth-order valence-corrected chi connectivity index (χ4v) is 4.95. The number of carbonyl (C=O) groups excluding carboxylic acids is 2. The number of allylic oxidation sites excluding steroid dienone is 3. The smallest absolute Gasteiger partial charge is 0.339 e. The second-order valence-electron chi connectivity index (χ2n) is 11.6. The minimum Gasteiger partial charge on any atom is -0.504 e. The van der Waals surface area contributed by atoms with E-state index in [0.29, 0.717) is 22.5 Å². The highest BCUT2D eigenvalue weighted by molar-refractivity contribution is 6.35. The standard InChI is InChI=1S/C42H36F2N6O6/c1-55-39-25-27(16-21-37(39)51)14-19-35(47-49-41(53)45-30-9-5-3-6-10-30)32(23-29-13-18-33(43)34(44)24-29)36(20-15-28-17-22-38(52)40(26-28)56-2)48-50-42(54)46-31-11-7-4-8-12-31/h3-26,51-52H,1-2H3,(H2,45,49,53)(H2,46,50,54)/b19-14+,20-15+,32-23?,47-35?,48-36?. The van der Waals surface area contributed by atoms with Crippen molar-refractivity contribution in [2.75, 3.05) is 24.9 Å². The summed E-state index contributed by atoms with van der Waals surface area (Å²) < 4.78 is 39.2. The molecule has 0 bridgehead atoms. The van der Waals surface area contributed by atoms with E-state index in [-0.39, 0.29) is 45.6 Å². The van der Waals surface area contributed by atoms with Gasteiger partial charge in [-0.1, -0.05) is 66.7 Å². The number of carbonyl (C=O) groups is 2. The van der Waals surface area contributed by atoms with Gasteiger partial charge in [0.05, 0.1) is 25.6 Å². The summed E-state index contributed by atoms with van der Waals surface area (Å²) in [4.78, 5) is 26.2. The van der Waals surface area contributed by atoms with Crippen molar-refractivity contribution < 1.29 is 38.1 Å². The van der Waals surface area contributed by atoms with Crippen molar-refractivity contribution in [3.63, 3.8) is 0 Å². The molecule has 5 rings (SSSR count). The lowest BCUT2D eigenvalue weighted by Crippen LogP contribution is -2.28. The second kappa shape index (κ2) is 19.4. The Kier molecular flexibility index (Phi) is 13.7. The Morgan fingerprint density at radius 3 is 1.46 bits per heavy atom. The van der Waals surface area contributed by atoms with E-state index in [1.54, 1.807) is 97.1 Å². The average molecular weight is 759 g/mol. The van der Waals surface area contributed by atoms with Crippen molar-refractivity contribution in [3.05, 3.63) is 161 Å². The first kappa shape index (κ1) is 39.5. The molecule has 0 aliphatic heterocycles. The first-order valence-corrected chi connectivity index (χ1v) is 16.8. The Morgan fingerprint density at radius 1 is 0.589 bits per heavy atom. The molecule has 14 heteroatoms. The van der Waals surface area contributed by atoms with Crippen LogP contribution in [0, 0.1) is 11.6 Å². The van der Waals surface area contributed by atoms with Crippen LogP contribution in [0.3, 0.4) is 0 Å². The summed E-state index contributed by atoms with van der Waals surface area (Å²) in [6.45, 7) is 0. The molecule has 5 aromatic rings. The molecule has 0 spiro atoms. The third kappa shape index (κ3) is 11.4. The van der Waals surface area contributed by atoms with Crippen LogP contribution in [0.25, 0.3) is 18.2 Å². The predicted octanol–water partition coefficient (Wildman–Crippen LogP) is 8.56. The summed E-state index contributed by atoms with van der Waals surface area (Å²) in [5, 5.41) is 34.5. The zero-order valence-corrected chi connectivity index (χ0v) is 30.0. The second-order valence-corrected chi connectivity index (χ2v) is 11.6. The number of phenols is 2. The van der Waals surface area contributed by atoms with Gasteiger partial charge in [0.1, 0.15) is 0 Å². The van der Waals surface area contributed by atoms with E-state index in [9.17, 15) is 28.6 Å². The number of halogens is 2. The molecule has 56 heavy (non-hydrogen) atoms. The lowest BCUT2D eigenvalue weighted by molar-refractivity contribution is 0.251.